The van der Waals surface area contributed by atoms with E-state index in [4.69, 9.17) is 9.15 Å². The predicted octanol–water partition coefficient (Wildman–Crippen LogP) is 3.47. The molecule has 3 heteroatoms. The maximum atomic E-state index is 12.2. The summed E-state index contributed by atoms with van der Waals surface area (Å²) in [6.07, 6.45) is 0. The molecule has 19 heavy (non-hydrogen) atoms. The third kappa shape index (κ3) is 1.99. The van der Waals surface area contributed by atoms with Gasteiger partial charge in [-0.3, -0.25) is 4.79 Å². The van der Waals surface area contributed by atoms with Crippen LogP contribution in [0.2, 0.25) is 0 Å². The molecule has 0 aliphatic heterocycles. The number of fused-ring (bicyclic) bond motifs is 1. The lowest BCUT2D eigenvalue weighted by Gasteiger charge is -2.06. The second-order valence-corrected chi connectivity index (χ2v) is 4.17. The second-order valence-electron chi connectivity index (χ2n) is 4.17. The van der Waals surface area contributed by atoms with E-state index in [2.05, 4.69) is 0 Å². The predicted molar refractivity (Wildman–Crippen MR) is 74.5 cm³/mol. The first-order valence-corrected chi connectivity index (χ1v) is 5.96. The largest absolute Gasteiger partial charge is 0.496 e. The molecule has 0 unspecified atom stereocenters. The lowest BCUT2D eigenvalue weighted by atomic mass is 10.2. The molecule has 0 bridgehead atoms. The van der Waals surface area contributed by atoms with Crippen LogP contribution in [0, 0.1) is 0 Å². The highest BCUT2D eigenvalue weighted by atomic mass is 16.5. The van der Waals surface area contributed by atoms with Crippen LogP contribution in [0.25, 0.3) is 22.3 Å². The van der Waals surface area contributed by atoms with Gasteiger partial charge in [0, 0.05) is 11.6 Å². The zero-order valence-corrected chi connectivity index (χ0v) is 10.4. The molecule has 1 heterocycles. The maximum Gasteiger partial charge on any atom is 0.197 e. The van der Waals surface area contributed by atoms with E-state index in [1.54, 1.807) is 25.3 Å². The highest BCUT2D eigenvalue weighted by Gasteiger charge is 2.10. The first-order valence-electron chi connectivity index (χ1n) is 5.96. The third-order valence-corrected chi connectivity index (χ3v) is 2.99. The van der Waals surface area contributed by atoms with E-state index in [1.165, 1.54) is 6.07 Å². The summed E-state index contributed by atoms with van der Waals surface area (Å²) in [5, 5.41) is 0.477. The highest BCUT2D eigenvalue weighted by Crippen LogP contribution is 2.26. The second kappa shape index (κ2) is 4.61. The molecule has 2 aromatic carbocycles. The Balaban J connectivity index is 2.30. The molecule has 94 valence electrons. The molecule has 0 spiro atoms. The highest BCUT2D eigenvalue weighted by molar-refractivity contribution is 5.84. The summed E-state index contributed by atoms with van der Waals surface area (Å²) in [6.45, 7) is 0. The van der Waals surface area contributed by atoms with E-state index in [-0.39, 0.29) is 5.43 Å². The zero-order chi connectivity index (χ0) is 13.2. The minimum Gasteiger partial charge on any atom is -0.496 e. The normalized spacial score (nSPS) is 10.6. The number of methoxy groups -OCH3 is 1. The van der Waals surface area contributed by atoms with E-state index in [0.717, 1.165) is 5.56 Å². The number of hydrogen-bond acceptors (Lipinski definition) is 3. The van der Waals surface area contributed by atoms with Crippen LogP contribution in [0.3, 0.4) is 0 Å². The van der Waals surface area contributed by atoms with E-state index < -0.39 is 0 Å². The molecule has 0 fully saturated rings. The van der Waals surface area contributed by atoms with Gasteiger partial charge in [-0.1, -0.05) is 36.4 Å². The van der Waals surface area contributed by atoms with Crippen molar-refractivity contribution in [3.63, 3.8) is 0 Å². The van der Waals surface area contributed by atoms with Crippen LogP contribution in [0.15, 0.2) is 63.8 Å². The molecule has 0 saturated heterocycles. The summed E-state index contributed by atoms with van der Waals surface area (Å²) in [5.74, 6) is 1.09. The minimum absolute atomic E-state index is 0.0995. The van der Waals surface area contributed by atoms with Gasteiger partial charge in [-0.25, -0.2) is 0 Å². The van der Waals surface area contributed by atoms with Crippen molar-refractivity contribution in [3.8, 4) is 17.1 Å². The Morgan fingerprint density at radius 3 is 2.53 bits per heavy atom. The Morgan fingerprint density at radius 1 is 1.00 bits per heavy atom. The molecular formula is C16H12O3. The summed E-state index contributed by atoms with van der Waals surface area (Å²) in [5.41, 5.74) is 1.31. The van der Waals surface area contributed by atoms with Crippen LogP contribution in [0.5, 0.6) is 5.75 Å². The molecule has 3 nitrogen and oxygen atoms in total. The number of hydrogen-bond donors (Lipinski definition) is 0. The maximum absolute atomic E-state index is 12.2. The Kier molecular flexibility index (Phi) is 2.80. The van der Waals surface area contributed by atoms with Crippen molar-refractivity contribution in [1.82, 2.24) is 0 Å². The minimum atomic E-state index is -0.0995. The van der Waals surface area contributed by atoms with E-state index >= 15 is 0 Å². The molecule has 0 aliphatic rings. The Hall–Kier alpha value is -2.55. The molecule has 1 aromatic heterocycles. The smallest absolute Gasteiger partial charge is 0.197 e. The van der Waals surface area contributed by atoms with Crippen molar-refractivity contribution in [3.05, 3.63) is 64.8 Å². The van der Waals surface area contributed by atoms with Crippen molar-refractivity contribution in [2.75, 3.05) is 7.11 Å². The molecule has 0 saturated carbocycles. The molecule has 3 rings (SSSR count). The van der Waals surface area contributed by atoms with Crippen molar-refractivity contribution in [1.29, 1.82) is 0 Å². The zero-order valence-electron chi connectivity index (χ0n) is 10.4. The van der Waals surface area contributed by atoms with Crippen molar-refractivity contribution in [2.45, 2.75) is 0 Å². The van der Waals surface area contributed by atoms with Gasteiger partial charge < -0.3 is 9.15 Å². The van der Waals surface area contributed by atoms with E-state index in [9.17, 15) is 4.79 Å². The van der Waals surface area contributed by atoms with Crippen LogP contribution in [-0.2, 0) is 0 Å². The first-order chi connectivity index (χ1) is 9.29. The van der Waals surface area contributed by atoms with Crippen molar-refractivity contribution < 1.29 is 9.15 Å². The van der Waals surface area contributed by atoms with Crippen LogP contribution in [0.4, 0.5) is 0 Å². The summed E-state index contributed by atoms with van der Waals surface area (Å²) in [4.78, 5) is 12.2. The monoisotopic (exact) mass is 258 g/mol. The number of ether oxygens (including phenoxy) is 1. The Morgan fingerprint density at radius 2 is 1.79 bits per heavy atom. The van der Waals surface area contributed by atoms with Gasteiger partial charge in [0.15, 0.2) is 5.43 Å². The molecule has 0 atom stereocenters. The average Bonchev–Trinajstić information content (AvgIpc) is 2.47. The fourth-order valence-corrected chi connectivity index (χ4v) is 2.09. The van der Waals surface area contributed by atoms with Crippen LogP contribution in [-0.4, -0.2) is 7.11 Å². The van der Waals surface area contributed by atoms with Gasteiger partial charge >= 0.3 is 0 Å². The fourth-order valence-electron chi connectivity index (χ4n) is 2.09. The van der Waals surface area contributed by atoms with Gasteiger partial charge in [0.2, 0.25) is 0 Å². The molecule has 0 aliphatic carbocycles. The molecule has 3 aromatic rings. The van der Waals surface area contributed by atoms with Gasteiger partial charge in [-0.05, 0) is 12.1 Å². The molecular weight excluding hydrogens is 246 g/mol. The summed E-state index contributed by atoms with van der Waals surface area (Å²) >= 11 is 0. The third-order valence-electron chi connectivity index (χ3n) is 2.99. The van der Waals surface area contributed by atoms with Crippen LogP contribution in [0.1, 0.15) is 0 Å². The lowest BCUT2D eigenvalue weighted by Crippen LogP contribution is -2.02. The van der Waals surface area contributed by atoms with Gasteiger partial charge in [0.25, 0.3) is 0 Å². The SMILES string of the molecule is COc1cccc2oc(-[13c]3[13cH][13cH][13cH][13cH][13cH]3)cc(=O)c12. The Bertz CT molecular complexity index is 773. The van der Waals surface area contributed by atoms with E-state index in [0.29, 0.717) is 22.5 Å². The van der Waals surface area contributed by atoms with Gasteiger partial charge in [0.05, 0.1) is 7.11 Å². The van der Waals surface area contributed by atoms with Gasteiger partial charge in [-0.2, -0.15) is 0 Å². The first kappa shape index (κ1) is 11.5. The van der Waals surface area contributed by atoms with Gasteiger partial charge in [0.1, 0.15) is 22.5 Å². The number of benzene rings is 2. The Labute approximate surface area is 110 Å². The van der Waals surface area contributed by atoms with Crippen molar-refractivity contribution in [2.24, 2.45) is 0 Å². The van der Waals surface area contributed by atoms with Crippen LogP contribution >= 0.6 is 0 Å². The summed E-state index contributed by atoms with van der Waals surface area (Å²) in [6, 6.07) is 16.4. The van der Waals surface area contributed by atoms with Gasteiger partial charge in [-0.15, -0.1) is 0 Å². The fraction of sp³-hybridized carbons (Fsp3) is 0.0625. The number of rotatable bonds is 2. The molecule has 0 amide bonds. The van der Waals surface area contributed by atoms with Crippen molar-refractivity contribution >= 4 is 11.0 Å². The lowest BCUT2D eigenvalue weighted by molar-refractivity contribution is 0.419. The standard InChI is InChI=1S/C16H12O3/c1-18-13-8-5-9-14-16(13)12(17)10-15(19-14)11-6-3-2-4-7-11/h2-10H,1H3/i2+1,3+1,4+1,6+1,7+1,11+1. The summed E-state index contributed by atoms with van der Waals surface area (Å²) in [7, 11) is 1.54. The quantitative estimate of drug-likeness (QED) is 0.706. The average molecular weight is 258 g/mol. The molecule has 0 radical (unpaired) electrons. The van der Waals surface area contributed by atoms with Crippen LogP contribution < -0.4 is 10.2 Å². The summed E-state index contributed by atoms with van der Waals surface area (Å²) < 4.78 is 11.0. The topological polar surface area (TPSA) is 39.4 Å². The molecule has 0 N–H and O–H groups in total. The van der Waals surface area contributed by atoms with E-state index in [1.807, 2.05) is 30.3 Å².